The number of aliphatic hydroxyl groups is 1. The second kappa shape index (κ2) is 10.6. The summed E-state index contributed by atoms with van der Waals surface area (Å²) in [6, 6.07) is 18.6. The van der Waals surface area contributed by atoms with Crippen molar-refractivity contribution in [3.8, 4) is 5.75 Å². The lowest BCUT2D eigenvalue weighted by Gasteiger charge is -2.30. The van der Waals surface area contributed by atoms with Crippen LogP contribution >= 0.6 is 0 Å². The quantitative estimate of drug-likeness (QED) is 0.569. The Balaban J connectivity index is 1.39. The van der Waals surface area contributed by atoms with Gasteiger partial charge in [-0.1, -0.05) is 42.5 Å². The van der Waals surface area contributed by atoms with Crippen molar-refractivity contribution in [1.82, 2.24) is 19.6 Å². The molecule has 1 fully saturated rings. The summed E-state index contributed by atoms with van der Waals surface area (Å²) in [6.07, 6.45) is 2.70. The molecule has 0 aliphatic carbocycles. The Kier molecular flexibility index (Phi) is 7.16. The summed E-state index contributed by atoms with van der Waals surface area (Å²) >= 11 is 0. The highest BCUT2D eigenvalue weighted by Gasteiger charge is 2.31. The summed E-state index contributed by atoms with van der Waals surface area (Å²) in [6.45, 7) is 4.35. The molecule has 35 heavy (non-hydrogen) atoms. The first kappa shape index (κ1) is 23.6. The Morgan fingerprint density at radius 2 is 1.83 bits per heavy atom. The lowest BCUT2D eigenvalue weighted by atomic mass is 10.0. The normalized spacial score (nSPS) is 16.8. The molecule has 7 heteroatoms. The first-order valence-corrected chi connectivity index (χ1v) is 12.6. The van der Waals surface area contributed by atoms with Crippen LogP contribution < -0.4 is 4.74 Å². The average molecular weight is 475 g/mol. The maximum atomic E-state index is 13.5. The number of aromatic nitrogens is 2. The minimum atomic E-state index is -0.310. The van der Waals surface area contributed by atoms with Crippen LogP contribution in [-0.2, 0) is 32.5 Å². The summed E-state index contributed by atoms with van der Waals surface area (Å²) in [7, 11) is 1.69. The van der Waals surface area contributed by atoms with E-state index >= 15 is 0 Å². The van der Waals surface area contributed by atoms with Crippen LogP contribution in [0.4, 0.5) is 0 Å². The third kappa shape index (κ3) is 5.41. The molecule has 1 N–H and O–H groups in total. The second-order valence-electron chi connectivity index (χ2n) is 9.57. The lowest BCUT2D eigenvalue weighted by molar-refractivity contribution is 0.0538. The van der Waals surface area contributed by atoms with E-state index in [1.54, 1.807) is 7.11 Å². The summed E-state index contributed by atoms with van der Waals surface area (Å²) in [5, 5.41) is 14.8. The maximum absolute atomic E-state index is 13.5. The van der Waals surface area contributed by atoms with Gasteiger partial charge in [-0.3, -0.25) is 14.4 Å². The van der Waals surface area contributed by atoms with Gasteiger partial charge in [0.25, 0.3) is 5.91 Å². The number of piperidine rings is 1. The number of benzene rings is 2. The zero-order chi connectivity index (χ0) is 24.2. The molecule has 1 amide bonds. The molecule has 0 radical (unpaired) electrons. The molecule has 0 unspecified atom stereocenters. The highest BCUT2D eigenvalue weighted by atomic mass is 16.5. The van der Waals surface area contributed by atoms with E-state index in [2.05, 4.69) is 46.0 Å². The zero-order valence-corrected chi connectivity index (χ0v) is 20.4. The van der Waals surface area contributed by atoms with Crippen LogP contribution in [0.2, 0.25) is 0 Å². The molecular weight excluding hydrogens is 440 g/mol. The number of hydrogen-bond acceptors (Lipinski definition) is 5. The SMILES string of the molecule is COc1cccc(CN2CCc3c(c(C(=O)N4CCC(O)CC4)nn3CCc3ccccc3)C2)c1. The number of fused-ring (bicyclic) bond motifs is 1. The molecule has 1 aromatic heterocycles. The minimum Gasteiger partial charge on any atom is -0.497 e. The number of hydrogen-bond donors (Lipinski definition) is 1. The van der Waals surface area contributed by atoms with Gasteiger partial charge in [0.1, 0.15) is 5.75 Å². The summed E-state index contributed by atoms with van der Waals surface area (Å²) in [5.41, 5.74) is 5.29. The van der Waals surface area contributed by atoms with Crippen LogP contribution in [0.1, 0.15) is 45.7 Å². The molecule has 0 spiro atoms. The van der Waals surface area contributed by atoms with E-state index < -0.39 is 0 Å². The van der Waals surface area contributed by atoms with Crippen molar-refractivity contribution in [2.24, 2.45) is 0 Å². The Morgan fingerprint density at radius 3 is 2.60 bits per heavy atom. The predicted molar refractivity (Wildman–Crippen MR) is 134 cm³/mol. The first-order chi connectivity index (χ1) is 17.1. The molecule has 7 nitrogen and oxygen atoms in total. The fourth-order valence-electron chi connectivity index (χ4n) is 5.17. The Labute approximate surface area is 206 Å². The Hall–Kier alpha value is -3.16. The molecule has 5 rings (SSSR count). The fraction of sp³-hybridized carbons (Fsp3) is 0.429. The van der Waals surface area contributed by atoms with Gasteiger partial charge in [-0.15, -0.1) is 0 Å². The van der Waals surface area contributed by atoms with Crippen LogP contribution in [0.15, 0.2) is 54.6 Å². The van der Waals surface area contributed by atoms with E-state index in [9.17, 15) is 9.90 Å². The molecule has 0 saturated carbocycles. The first-order valence-electron chi connectivity index (χ1n) is 12.6. The van der Waals surface area contributed by atoms with Gasteiger partial charge in [-0.2, -0.15) is 5.10 Å². The molecule has 0 bridgehead atoms. The largest absolute Gasteiger partial charge is 0.497 e. The van der Waals surface area contributed by atoms with Crippen LogP contribution in [0.5, 0.6) is 5.75 Å². The van der Waals surface area contributed by atoms with E-state index in [1.165, 1.54) is 16.8 Å². The summed E-state index contributed by atoms with van der Waals surface area (Å²) < 4.78 is 7.46. The van der Waals surface area contributed by atoms with Crippen molar-refractivity contribution in [1.29, 1.82) is 0 Å². The van der Waals surface area contributed by atoms with Crippen molar-refractivity contribution in [2.75, 3.05) is 26.7 Å². The standard InChI is InChI=1S/C28H34N4O3/c1-35-24-9-5-8-22(18-24)19-30-14-13-26-25(20-30)27(28(34)31-15-11-23(33)12-16-31)29-32(26)17-10-21-6-3-2-4-7-21/h2-9,18,23,33H,10-17,19-20H2,1H3. The molecule has 184 valence electrons. The summed E-state index contributed by atoms with van der Waals surface area (Å²) in [5.74, 6) is 0.854. The average Bonchev–Trinajstić information content (AvgIpc) is 3.26. The van der Waals surface area contributed by atoms with Crippen molar-refractivity contribution < 1.29 is 14.6 Å². The van der Waals surface area contributed by atoms with Crippen LogP contribution in [0.25, 0.3) is 0 Å². The second-order valence-corrected chi connectivity index (χ2v) is 9.57. The number of methoxy groups -OCH3 is 1. The molecule has 2 aromatic carbocycles. The number of likely N-dealkylation sites (tertiary alicyclic amines) is 1. The van der Waals surface area contributed by atoms with E-state index in [-0.39, 0.29) is 12.0 Å². The van der Waals surface area contributed by atoms with E-state index in [0.717, 1.165) is 43.8 Å². The van der Waals surface area contributed by atoms with E-state index in [1.807, 2.05) is 23.1 Å². The molecule has 0 atom stereocenters. The molecule has 2 aliphatic heterocycles. The molecular formula is C28H34N4O3. The molecule has 3 heterocycles. The van der Waals surface area contributed by atoms with Gasteiger partial charge in [-0.25, -0.2) is 0 Å². The van der Waals surface area contributed by atoms with Gasteiger partial charge >= 0.3 is 0 Å². The molecule has 1 saturated heterocycles. The number of rotatable bonds is 7. The Bertz CT molecular complexity index is 1150. The fourth-order valence-corrected chi connectivity index (χ4v) is 5.17. The number of amides is 1. The smallest absolute Gasteiger partial charge is 0.274 e. The van der Waals surface area contributed by atoms with Crippen molar-refractivity contribution >= 4 is 5.91 Å². The van der Waals surface area contributed by atoms with E-state index in [4.69, 9.17) is 9.84 Å². The lowest BCUT2D eigenvalue weighted by Crippen LogP contribution is -2.41. The maximum Gasteiger partial charge on any atom is 0.274 e. The van der Waals surface area contributed by atoms with Crippen LogP contribution in [0.3, 0.4) is 0 Å². The third-order valence-electron chi connectivity index (χ3n) is 7.16. The zero-order valence-electron chi connectivity index (χ0n) is 20.4. The third-order valence-corrected chi connectivity index (χ3v) is 7.16. The van der Waals surface area contributed by atoms with E-state index in [0.29, 0.717) is 38.2 Å². The number of ether oxygens (including phenoxy) is 1. The Morgan fingerprint density at radius 1 is 1.06 bits per heavy atom. The highest BCUT2D eigenvalue weighted by Crippen LogP contribution is 2.27. The monoisotopic (exact) mass is 474 g/mol. The number of carbonyl (C=O) groups is 1. The van der Waals surface area contributed by atoms with Crippen molar-refractivity contribution in [2.45, 2.75) is 51.4 Å². The number of aliphatic hydroxyl groups excluding tert-OH is 1. The number of aryl methyl sites for hydroxylation is 2. The number of nitrogens with zero attached hydrogens (tertiary/aromatic N) is 4. The number of carbonyl (C=O) groups excluding carboxylic acids is 1. The molecule has 3 aromatic rings. The van der Waals surface area contributed by atoms with Gasteiger partial charge in [0.2, 0.25) is 0 Å². The van der Waals surface area contributed by atoms with Crippen LogP contribution in [-0.4, -0.2) is 63.4 Å². The topological polar surface area (TPSA) is 70.8 Å². The van der Waals surface area contributed by atoms with Gasteiger partial charge in [0, 0.05) is 56.9 Å². The van der Waals surface area contributed by atoms with Gasteiger partial charge in [0.15, 0.2) is 5.69 Å². The van der Waals surface area contributed by atoms with Gasteiger partial charge in [-0.05, 0) is 42.5 Å². The molecule has 2 aliphatic rings. The highest BCUT2D eigenvalue weighted by molar-refractivity contribution is 5.94. The summed E-state index contributed by atoms with van der Waals surface area (Å²) in [4.78, 5) is 17.8. The minimum absolute atomic E-state index is 0.00478. The van der Waals surface area contributed by atoms with Crippen molar-refractivity contribution in [3.05, 3.63) is 82.7 Å². The van der Waals surface area contributed by atoms with Gasteiger partial charge < -0.3 is 14.7 Å². The van der Waals surface area contributed by atoms with Gasteiger partial charge in [0.05, 0.1) is 13.2 Å². The van der Waals surface area contributed by atoms with Crippen LogP contribution in [0, 0.1) is 0 Å². The van der Waals surface area contributed by atoms with Crippen molar-refractivity contribution in [3.63, 3.8) is 0 Å². The predicted octanol–water partition coefficient (Wildman–Crippen LogP) is 3.29.